The van der Waals surface area contributed by atoms with Crippen LogP contribution in [-0.2, 0) is 0 Å². The summed E-state index contributed by atoms with van der Waals surface area (Å²) < 4.78 is 5.44. The number of pyridine rings is 1. The van der Waals surface area contributed by atoms with Crippen LogP contribution in [0.25, 0.3) is 0 Å². The molecule has 0 radical (unpaired) electrons. The van der Waals surface area contributed by atoms with Crippen molar-refractivity contribution in [1.82, 2.24) is 9.88 Å². The van der Waals surface area contributed by atoms with E-state index in [9.17, 15) is 14.7 Å². The third-order valence-electron chi connectivity index (χ3n) is 3.57. The lowest BCUT2D eigenvalue weighted by atomic mass is 10.2. The number of amides is 1. The maximum Gasteiger partial charge on any atom is 0.254 e. The molecule has 6 nitrogen and oxygen atoms in total. The van der Waals surface area contributed by atoms with E-state index in [4.69, 9.17) is 4.42 Å². The quantitative estimate of drug-likeness (QED) is 0.884. The zero-order chi connectivity index (χ0) is 15.5. The molecule has 1 atom stereocenters. The number of rotatable bonds is 2. The minimum atomic E-state index is -0.485. The van der Waals surface area contributed by atoms with Gasteiger partial charge in [-0.15, -0.1) is 11.8 Å². The van der Waals surface area contributed by atoms with Gasteiger partial charge in [0.2, 0.25) is 0 Å². The Balaban J connectivity index is 1.72. The van der Waals surface area contributed by atoms with Crippen LogP contribution in [0.15, 0.2) is 39.7 Å². The number of aromatic nitrogens is 1. The molecule has 22 heavy (non-hydrogen) atoms. The van der Waals surface area contributed by atoms with Gasteiger partial charge in [0.15, 0.2) is 5.88 Å². The van der Waals surface area contributed by atoms with Gasteiger partial charge < -0.3 is 14.4 Å². The van der Waals surface area contributed by atoms with Gasteiger partial charge in [-0.1, -0.05) is 0 Å². The van der Waals surface area contributed by atoms with Crippen molar-refractivity contribution >= 4 is 17.7 Å². The van der Waals surface area contributed by atoms with Crippen LogP contribution >= 0.6 is 11.8 Å². The molecule has 0 spiro atoms. The van der Waals surface area contributed by atoms with E-state index in [0.717, 1.165) is 17.9 Å². The fraction of sp³-hybridized carbons (Fsp3) is 0.333. The molecule has 3 rings (SSSR count). The average molecular weight is 320 g/mol. The highest BCUT2D eigenvalue weighted by Gasteiger charge is 2.24. The van der Waals surface area contributed by atoms with Crippen molar-refractivity contribution in [2.75, 3.05) is 18.8 Å². The highest BCUT2D eigenvalue weighted by molar-refractivity contribution is 7.99. The fourth-order valence-corrected chi connectivity index (χ4v) is 3.69. The molecule has 3 heterocycles. The third kappa shape index (κ3) is 3.19. The number of hydrogen-bond donors (Lipinski definition) is 2. The van der Waals surface area contributed by atoms with E-state index in [0.29, 0.717) is 13.1 Å². The van der Waals surface area contributed by atoms with Gasteiger partial charge in [-0.3, -0.25) is 14.6 Å². The normalized spacial score (nSPS) is 18.9. The molecular formula is C15H16N2O4S. The summed E-state index contributed by atoms with van der Waals surface area (Å²) in [4.78, 5) is 27.8. The lowest BCUT2D eigenvalue weighted by Crippen LogP contribution is -2.33. The summed E-state index contributed by atoms with van der Waals surface area (Å²) in [7, 11) is 0. The van der Waals surface area contributed by atoms with Crippen molar-refractivity contribution in [2.45, 2.75) is 11.7 Å². The maximum atomic E-state index is 12.5. The topological polar surface area (TPSA) is 86.5 Å². The Hall–Kier alpha value is -2.15. The minimum Gasteiger partial charge on any atom is -0.494 e. The zero-order valence-electron chi connectivity index (χ0n) is 11.8. The highest BCUT2D eigenvalue weighted by atomic mass is 32.2. The first-order valence-corrected chi connectivity index (χ1v) is 8.06. The molecule has 0 aliphatic carbocycles. The van der Waals surface area contributed by atoms with E-state index < -0.39 is 5.56 Å². The number of nitrogens with zero attached hydrogens (tertiary/aromatic N) is 1. The maximum absolute atomic E-state index is 12.5. The van der Waals surface area contributed by atoms with Crippen LogP contribution in [0.5, 0.6) is 5.88 Å². The second-order valence-corrected chi connectivity index (χ2v) is 6.38. The number of furan rings is 1. The summed E-state index contributed by atoms with van der Waals surface area (Å²) >= 11 is 1.76. The van der Waals surface area contributed by atoms with Crippen molar-refractivity contribution < 1.29 is 14.3 Å². The van der Waals surface area contributed by atoms with Crippen molar-refractivity contribution in [3.63, 3.8) is 0 Å². The zero-order valence-corrected chi connectivity index (χ0v) is 12.6. The predicted molar refractivity (Wildman–Crippen MR) is 83.2 cm³/mol. The molecule has 116 valence electrons. The molecule has 1 saturated heterocycles. The standard InChI is InChI=1S/C15H16N2O4S/c18-13-8-10(9-14(19)16-13)15(20)17-4-3-12(22-7-5-17)11-2-1-6-21-11/h1-2,6,8-9,12H,3-5,7H2,(H2,16,18,19). The molecule has 1 unspecified atom stereocenters. The van der Waals surface area contributed by atoms with Crippen molar-refractivity contribution in [2.24, 2.45) is 0 Å². The largest absolute Gasteiger partial charge is 0.494 e. The van der Waals surface area contributed by atoms with Crippen LogP contribution < -0.4 is 5.56 Å². The lowest BCUT2D eigenvalue weighted by Gasteiger charge is -2.20. The number of H-pyrrole nitrogens is 1. The smallest absolute Gasteiger partial charge is 0.254 e. The Morgan fingerprint density at radius 2 is 2.27 bits per heavy atom. The molecule has 1 aliphatic heterocycles. The number of thioether (sulfide) groups is 1. The Morgan fingerprint density at radius 3 is 3.00 bits per heavy atom. The molecule has 2 aromatic rings. The van der Waals surface area contributed by atoms with E-state index in [-0.39, 0.29) is 22.6 Å². The summed E-state index contributed by atoms with van der Waals surface area (Å²) in [5.41, 5.74) is -0.274. The molecule has 1 amide bonds. The van der Waals surface area contributed by atoms with Gasteiger partial charge in [-0.05, 0) is 18.6 Å². The van der Waals surface area contributed by atoms with Crippen LogP contribution in [0, 0.1) is 0 Å². The van der Waals surface area contributed by atoms with E-state index >= 15 is 0 Å². The number of aromatic amines is 1. The first kappa shape index (κ1) is 14.8. The molecule has 1 aliphatic rings. The first-order chi connectivity index (χ1) is 10.6. The Labute approximate surface area is 131 Å². The lowest BCUT2D eigenvalue weighted by molar-refractivity contribution is 0.0765. The molecule has 0 saturated carbocycles. The van der Waals surface area contributed by atoms with Crippen molar-refractivity contribution in [3.05, 3.63) is 52.2 Å². The molecule has 1 fully saturated rings. The molecule has 2 N–H and O–H groups in total. The van der Waals surface area contributed by atoms with Gasteiger partial charge in [0, 0.05) is 31.0 Å². The van der Waals surface area contributed by atoms with Crippen LogP contribution in [0.3, 0.4) is 0 Å². The van der Waals surface area contributed by atoms with E-state index in [1.807, 2.05) is 12.1 Å². The van der Waals surface area contributed by atoms with Crippen LogP contribution in [0.4, 0.5) is 0 Å². The molecule has 2 aromatic heterocycles. The average Bonchev–Trinajstić information content (AvgIpc) is 2.90. The second-order valence-electron chi connectivity index (χ2n) is 5.07. The number of hydrogen-bond acceptors (Lipinski definition) is 5. The van der Waals surface area contributed by atoms with Gasteiger partial charge in [0.25, 0.3) is 11.5 Å². The number of carbonyl (C=O) groups is 1. The third-order valence-corrected chi connectivity index (χ3v) is 4.85. The predicted octanol–water partition coefficient (Wildman–Crippen LogP) is 1.99. The van der Waals surface area contributed by atoms with Gasteiger partial charge in [0.05, 0.1) is 17.1 Å². The molecule has 0 aromatic carbocycles. The summed E-state index contributed by atoms with van der Waals surface area (Å²) in [6.45, 7) is 1.19. The van der Waals surface area contributed by atoms with E-state index in [1.54, 1.807) is 22.9 Å². The van der Waals surface area contributed by atoms with Crippen LogP contribution in [-0.4, -0.2) is 39.7 Å². The summed E-state index contributed by atoms with van der Waals surface area (Å²) in [6, 6.07) is 6.31. The van der Waals surface area contributed by atoms with Crippen molar-refractivity contribution in [3.8, 4) is 5.88 Å². The fourth-order valence-electron chi connectivity index (χ4n) is 2.51. The Morgan fingerprint density at radius 1 is 1.41 bits per heavy atom. The first-order valence-electron chi connectivity index (χ1n) is 7.01. The highest BCUT2D eigenvalue weighted by Crippen LogP contribution is 2.34. The number of aromatic hydroxyl groups is 1. The SMILES string of the molecule is O=C(c1cc(O)[nH]c(=O)c1)N1CCSC(c2ccco2)CC1. The Kier molecular flexibility index (Phi) is 4.24. The van der Waals surface area contributed by atoms with Gasteiger partial charge >= 0.3 is 0 Å². The summed E-state index contributed by atoms with van der Waals surface area (Å²) in [5.74, 6) is 1.19. The molecular weight excluding hydrogens is 304 g/mol. The summed E-state index contributed by atoms with van der Waals surface area (Å²) in [5, 5.41) is 9.66. The molecule has 7 heteroatoms. The van der Waals surface area contributed by atoms with E-state index in [2.05, 4.69) is 4.98 Å². The number of carbonyl (C=O) groups excluding carboxylic acids is 1. The summed E-state index contributed by atoms with van der Waals surface area (Å²) in [6.07, 6.45) is 2.45. The van der Waals surface area contributed by atoms with Gasteiger partial charge in [-0.25, -0.2) is 0 Å². The van der Waals surface area contributed by atoms with Gasteiger partial charge in [0.1, 0.15) is 5.76 Å². The monoisotopic (exact) mass is 320 g/mol. The minimum absolute atomic E-state index is 0.211. The van der Waals surface area contributed by atoms with E-state index in [1.165, 1.54) is 12.1 Å². The second kappa shape index (κ2) is 6.31. The van der Waals surface area contributed by atoms with Gasteiger partial charge in [-0.2, -0.15) is 0 Å². The van der Waals surface area contributed by atoms with Crippen LogP contribution in [0.1, 0.15) is 27.8 Å². The van der Waals surface area contributed by atoms with Crippen LogP contribution in [0.2, 0.25) is 0 Å². The van der Waals surface area contributed by atoms with Crippen molar-refractivity contribution in [1.29, 1.82) is 0 Å². The number of nitrogens with one attached hydrogen (secondary N) is 1. The molecule has 0 bridgehead atoms. The Bertz CT molecular complexity index is 711.